The first-order valence-electron chi connectivity index (χ1n) is 7.57. The Morgan fingerprint density at radius 3 is 2.80 bits per heavy atom. The molecule has 0 bridgehead atoms. The topological polar surface area (TPSA) is 68.0 Å². The van der Waals surface area contributed by atoms with Crippen molar-refractivity contribution in [2.24, 2.45) is 0 Å². The number of halogens is 1. The van der Waals surface area contributed by atoms with Crippen molar-refractivity contribution < 1.29 is 9.21 Å². The highest BCUT2D eigenvalue weighted by Gasteiger charge is 2.12. The quantitative estimate of drug-likeness (QED) is 0.537. The lowest BCUT2D eigenvalue weighted by Crippen LogP contribution is -2.12. The predicted molar refractivity (Wildman–Crippen MR) is 99.3 cm³/mol. The lowest BCUT2D eigenvalue weighted by atomic mass is 10.1. The third kappa shape index (κ3) is 3.16. The molecule has 0 spiro atoms. The van der Waals surface area contributed by atoms with E-state index in [9.17, 15) is 4.79 Å². The molecule has 6 heteroatoms. The van der Waals surface area contributed by atoms with Gasteiger partial charge in [-0.1, -0.05) is 18.2 Å². The van der Waals surface area contributed by atoms with Crippen LogP contribution in [0.15, 0.2) is 75.9 Å². The second-order valence-corrected chi connectivity index (χ2v) is 6.23. The molecule has 122 valence electrons. The molecule has 0 saturated heterocycles. The fraction of sp³-hybridized carbons (Fsp3) is 0. The van der Waals surface area contributed by atoms with Crippen LogP contribution < -0.4 is 5.32 Å². The van der Waals surface area contributed by atoms with Gasteiger partial charge in [0, 0.05) is 28.0 Å². The third-order valence-electron chi connectivity index (χ3n) is 3.68. The molecule has 0 atom stereocenters. The molecule has 0 aliphatic heterocycles. The summed E-state index contributed by atoms with van der Waals surface area (Å²) in [5.41, 5.74) is 3.38. The number of benzene rings is 2. The molecule has 4 rings (SSSR count). The summed E-state index contributed by atoms with van der Waals surface area (Å²) in [6, 6.07) is 16.4. The summed E-state index contributed by atoms with van der Waals surface area (Å²) in [5.74, 6) is 0.298. The zero-order valence-electron chi connectivity index (χ0n) is 12.9. The average molecular weight is 394 g/mol. The first-order valence-corrected chi connectivity index (χ1v) is 8.37. The van der Waals surface area contributed by atoms with E-state index in [1.54, 1.807) is 24.5 Å². The summed E-state index contributed by atoms with van der Waals surface area (Å²) in [7, 11) is 0. The summed E-state index contributed by atoms with van der Waals surface area (Å²) in [6.07, 6.45) is 3.31. The lowest BCUT2D eigenvalue weighted by Gasteiger charge is -2.07. The smallest absolute Gasteiger partial charge is 0.256 e. The van der Waals surface area contributed by atoms with E-state index in [1.165, 1.54) is 0 Å². The third-order valence-corrected chi connectivity index (χ3v) is 4.37. The van der Waals surface area contributed by atoms with Crippen LogP contribution in [0.5, 0.6) is 0 Å². The van der Waals surface area contributed by atoms with Crippen LogP contribution >= 0.6 is 15.9 Å². The van der Waals surface area contributed by atoms with Crippen LogP contribution in [0.25, 0.3) is 22.6 Å². The minimum absolute atomic E-state index is 0.189. The van der Waals surface area contributed by atoms with Crippen molar-refractivity contribution >= 4 is 38.6 Å². The van der Waals surface area contributed by atoms with Crippen molar-refractivity contribution in [1.82, 2.24) is 9.97 Å². The Morgan fingerprint density at radius 1 is 1.08 bits per heavy atom. The summed E-state index contributed by atoms with van der Waals surface area (Å²) in [4.78, 5) is 20.9. The number of fused-ring (bicyclic) bond motifs is 1. The number of carbonyl (C=O) groups is 1. The number of hydrogen-bond donors (Lipinski definition) is 1. The Hall–Kier alpha value is -2.99. The van der Waals surface area contributed by atoms with E-state index < -0.39 is 0 Å². The molecular weight excluding hydrogens is 382 g/mol. The van der Waals surface area contributed by atoms with Gasteiger partial charge in [-0.3, -0.25) is 9.78 Å². The van der Waals surface area contributed by atoms with Gasteiger partial charge in [-0.25, -0.2) is 4.98 Å². The van der Waals surface area contributed by atoms with Gasteiger partial charge in [-0.2, -0.15) is 0 Å². The molecule has 0 aliphatic carbocycles. The van der Waals surface area contributed by atoms with Gasteiger partial charge >= 0.3 is 0 Å². The highest BCUT2D eigenvalue weighted by molar-refractivity contribution is 9.10. The number of oxazole rings is 1. The van der Waals surface area contributed by atoms with Gasteiger partial charge in [-0.05, 0) is 46.3 Å². The number of anilines is 1. The molecule has 5 nitrogen and oxygen atoms in total. The van der Waals surface area contributed by atoms with Gasteiger partial charge in [0.2, 0.25) is 5.89 Å². The van der Waals surface area contributed by atoms with Gasteiger partial charge in [0.05, 0.1) is 11.8 Å². The van der Waals surface area contributed by atoms with Crippen LogP contribution in [0.1, 0.15) is 10.4 Å². The molecule has 2 heterocycles. The molecule has 0 unspecified atom stereocenters. The number of aromatic nitrogens is 2. The molecule has 0 saturated carbocycles. The van der Waals surface area contributed by atoms with Gasteiger partial charge < -0.3 is 9.73 Å². The molecule has 1 N–H and O–H groups in total. The molecule has 2 aromatic carbocycles. The zero-order valence-corrected chi connectivity index (χ0v) is 14.5. The van der Waals surface area contributed by atoms with E-state index in [-0.39, 0.29) is 5.91 Å². The Balaban J connectivity index is 1.63. The first-order chi connectivity index (χ1) is 12.2. The van der Waals surface area contributed by atoms with E-state index in [2.05, 4.69) is 31.2 Å². The minimum atomic E-state index is -0.189. The van der Waals surface area contributed by atoms with Crippen LogP contribution in [0.4, 0.5) is 5.69 Å². The van der Waals surface area contributed by atoms with Crippen molar-refractivity contribution in [3.63, 3.8) is 0 Å². The van der Waals surface area contributed by atoms with Crippen LogP contribution in [-0.4, -0.2) is 15.9 Å². The molecule has 0 radical (unpaired) electrons. The monoisotopic (exact) mass is 393 g/mol. The Kier molecular flexibility index (Phi) is 4.03. The molecule has 25 heavy (non-hydrogen) atoms. The van der Waals surface area contributed by atoms with Crippen molar-refractivity contribution in [1.29, 1.82) is 0 Å². The summed E-state index contributed by atoms with van der Waals surface area (Å²) in [5, 5.41) is 2.89. The van der Waals surface area contributed by atoms with Gasteiger partial charge in [0.1, 0.15) is 5.52 Å². The van der Waals surface area contributed by atoms with Gasteiger partial charge in [-0.15, -0.1) is 0 Å². The first kappa shape index (κ1) is 15.5. The number of amides is 1. The maximum absolute atomic E-state index is 12.4. The van der Waals surface area contributed by atoms with E-state index in [0.717, 1.165) is 10.0 Å². The minimum Gasteiger partial charge on any atom is -0.436 e. The number of nitrogens with one attached hydrogen (secondary N) is 1. The summed E-state index contributed by atoms with van der Waals surface area (Å²) < 4.78 is 6.49. The Morgan fingerprint density at radius 2 is 1.96 bits per heavy atom. The molecule has 4 aromatic rings. The van der Waals surface area contributed by atoms with Gasteiger partial charge in [0.25, 0.3) is 5.91 Å². The molecule has 0 aliphatic rings. The van der Waals surface area contributed by atoms with Crippen LogP contribution in [0.2, 0.25) is 0 Å². The van der Waals surface area contributed by atoms with Crippen molar-refractivity contribution in [3.05, 3.63) is 77.0 Å². The zero-order chi connectivity index (χ0) is 17.2. The van der Waals surface area contributed by atoms with Crippen molar-refractivity contribution in [2.45, 2.75) is 0 Å². The van der Waals surface area contributed by atoms with E-state index >= 15 is 0 Å². The van der Waals surface area contributed by atoms with E-state index in [0.29, 0.717) is 28.2 Å². The standard InChI is InChI=1S/C19H12BrN3O2/c20-15-7-2-1-6-14(15)18(24)22-13-5-3-4-12(10-13)19-23-16-11-21-9-8-17(16)25-19/h1-11H,(H,22,24). The highest BCUT2D eigenvalue weighted by Crippen LogP contribution is 2.26. The van der Waals surface area contributed by atoms with Crippen LogP contribution in [-0.2, 0) is 0 Å². The number of hydrogen-bond acceptors (Lipinski definition) is 4. The second kappa shape index (κ2) is 6.49. The normalized spacial score (nSPS) is 10.8. The number of pyridine rings is 1. The second-order valence-electron chi connectivity index (χ2n) is 5.38. The fourth-order valence-corrected chi connectivity index (χ4v) is 2.94. The maximum Gasteiger partial charge on any atom is 0.256 e. The van der Waals surface area contributed by atoms with E-state index in [1.807, 2.05) is 42.5 Å². The predicted octanol–water partition coefficient (Wildman–Crippen LogP) is 4.90. The highest BCUT2D eigenvalue weighted by atomic mass is 79.9. The summed E-state index contributed by atoms with van der Waals surface area (Å²) >= 11 is 3.39. The Labute approximate surface area is 151 Å². The molecule has 1 amide bonds. The van der Waals surface area contributed by atoms with Crippen LogP contribution in [0, 0.1) is 0 Å². The van der Waals surface area contributed by atoms with Crippen molar-refractivity contribution in [2.75, 3.05) is 5.32 Å². The van der Waals surface area contributed by atoms with Gasteiger partial charge in [0.15, 0.2) is 5.58 Å². The fourth-order valence-electron chi connectivity index (χ4n) is 2.48. The maximum atomic E-state index is 12.4. The summed E-state index contributed by atoms with van der Waals surface area (Å²) in [6.45, 7) is 0. The lowest BCUT2D eigenvalue weighted by molar-refractivity contribution is 0.102. The average Bonchev–Trinajstić information content (AvgIpc) is 3.06. The Bertz CT molecular complexity index is 1040. The van der Waals surface area contributed by atoms with Crippen LogP contribution in [0.3, 0.4) is 0 Å². The van der Waals surface area contributed by atoms with Crippen molar-refractivity contribution in [3.8, 4) is 11.5 Å². The van der Waals surface area contributed by atoms with E-state index in [4.69, 9.17) is 4.42 Å². The molecule has 2 aromatic heterocycles. The number of nitrogens with zero attached hydrogens (tertiary/aromatic N) is 2. The largest absolute Gasteiger partial charge is 0.436 e. The number of carbonyl (C=O) groups excluding carboxylic acids is 1. The molecular formula is C19H12BrN3O2. The SMILES string of the molecule is O=C(Nc1cccc(-c2nc3cnccc3o2)c1)c1ccccc1Br. The molecule has 0 fully saturated rings. The number of rotatable bonds is 3.